The number of fused-ring (bicyclic) bond motifs is 2. The molecule has 4 aliphatic carbocycles. The number of hydrogen-bond acceptors (Lipinski definition) is 5. The molecule has 0 aromatic heterocycles. The van der Waals surface area contributed by atoms with Gasteiger partial charge in [0.1, 0.15) is 6.10 Å². The highest BCUT2D eigenvalue weighted by atomic mass is 16.6. The van der Waals surface area contributed by atoms with Gasteiger partial charge in [-0.25, -0.2) is 0 Å². The van der Waals surface area contributed by atoms with Crippen molar-refractivity contribution >= 4 is 5.78 Å². The molecule has 4 bridgehead atoms. The molecule has 0 unspecified atom stereocenters. The fraction of sp³-hybridized carbons (Fsp3) is 0.750. The fourth-order valence-corrected chi connectivity index (χ4v) is 7.41. The van der Waals surface area contributed by atoms with E-state index in [-0.39, 0.29) is 24.2 Å². The summed E-state index contributed by atoms with van der Waals surface area (Å²) in [5, 5.41) is 33.9. The van der Waals surface area contributed by atoms with E-state index in [2.05, 4.69) is 6.58 Å². The lowest BCUT2D eigenvalue weighted by Gasteiger charge is -2.72. The molecule has 3 saturated carbocycles. The van der Waals surface area contributed by atoms with E-state index in [0.717, 1.165) is 12.8 Å². The summed E-state index contributed by atoms with van der Waals surface area (Å²) in [4.78, 5) is 13.2. The van der Waals surface area contributed by atoms with Gasteiger partial charge in [0.2, 0.25) is 5.79 Å². The molecule has 25 heavy (non-hydrogen) atoms. The van der Waals surface area contributed by atoms with Crippen molar-refractivity contribution in [1.82, 2.24) is 0 Å². The summed E-state index contributed by atoms with van der Waals surface area (Å²) in [5.41, 5.74) is -1.66. The summed E-state index contributed by atoms with van der Waals surface area (Å²) in [7, 11) is 0. The number of aliphatic hydroxyl groups is 3. The molecule has 0 aromatic rings. The molecular formula is C20H26O5. The summed E-state index contributed by atoms with van der Waals surface area (Å²) in [6, 6.07) is 0. The van der Waals surface area contributed by atoms with Crippen LogP contribution in [0.4, 0.5) is 0 Å². The molecule has 0 amide bonds. The van der Waals surface area contributed by atoms with E-state index in [1.54, 1.807) is 6.08 Å². The quantitative estimate of drug-likeness (QED) is 0.574. The number of ether oxygens (including phenoxy) is 1. The zero-order chi connectivity index (χ0) is 18.0. The number of allylic oxidation sites excluding steroid dienone is 2. The number of carbonyl (C=O) groups is 1. The Morgan fingerprint density at radius 2 is 2.00 bits per heavy atom. The van der Waals surface area contributed by atoms with Crippen molar-refractivity contribution in [2.24, 2.45) is 34.0 Å². The molecular weight excluding hydrogens is 320 g/mol. The van der Waals surface area contributed by atoms with Gasteiger partial charge in [-0.1, -0.05) is 26.5 Å². The third-order valence-corrected chi connectivity index (χ3v) is 8.39. The predicted molar refractivity (Wildman–Crippen MR) is 89.2 cm³/mol. The minimum absolute atomic E-state index is 0.0369. The zero-order valence-corrected chi connectivity index (χ0v) is 14.7. The maximum absolute atomic E-state index is 13.2. The van der Waals surface area contributed by atoms with Gasteiger partial charge in [0.15, 0.2) is 5.78 Å². The van der Waals surface area contributed by atoms with Gasteiger partial charge in [0, 0.05) is 5.92 Å². The second-order valence-corrected chi connectivity index (χ2v) is 9.52. The third kappa shape index (κ3) is 1.40. The minimum atomic E-state index is -1.84. The summed E-state index contributed by atoms with van der Waals surface area (Å²) < 4.78 is 5.86. The van der Waals surface area contributed by atoms with Crippen LogP contribution in [0.2, 0.25) is 0 Å². The molecule has 5 heteroatoms. The largest absolute Gasteiger partial charge is 0.388 e. The monoisotopic (exact) mass is 346 g/mol. The van der Waals surface area contributed by atoms with Crippen molar-refractivity contribution in [3.63, 3.8) is 0 Å². The molecule has 5 nitrogen and oxygen atoms in total. The van der Waals surface area contributed by atoms with Crippen molar-refractivity contribution in [3.05, 3.63) is 24.3 Å². The molecule has 0 aromatic carbocycles. The SMILES string of the molecule is C=C1[C@@H]2CC[C@H]3[C@@]45CO[C@](O)([C@@H](O)[C@@H]4C(C)(C)C=CC5=O)[C@]3(C2)[C@@H]1O. The molecule has 8 atom stereocenters. The van der Waals surface area contributed by atoms with Crippen LogP contribution >= 0.6 is 0 Å². The van der Waals surface area contributed by atoms with E-state index in [1.807, 2.05) is 19.9 Å². The maximum atomic E-state index is 13.2. The Morgan fingerprint density at radius 3 is 2.72 bits per heavy atom. The van der Waals surface area contributed by atoms with Gasteiger partial charge >= 0.3 is 0 Å². The van der Waals surface area contributed by atoms with Gasteiger partial charge in [-0.15, -0.1) is 0 Å². The fourth-order valence-electron chi connectivity index (χ4n) is 7.41. The zero-order valence-electron chi connectivity index (χ0n) is 14.7. The Bertz CT molecular complexity index is 726. The number of ketones is 1. The molecule has 2 spiro atoms. The van der Waals surface area contributed by atoms with E-state index in [9.17, 15) is 20.1 Å². The molecule has 136 valence electrons. The first-order chi connectivity index (χ1) is 11.6. The van der Waals surface area contributed by atoms with Crippen LogP contribution in [0.1, 0.15) is 33.1 Å². The first-order valence-corrected chi connectivity index (χ1v) is 9.28. The molecule has 5 fully saturated rings. The molecule has 2 saturated heterocycles. The Kier molecular flexibility index (Phi) is 2.77. The van der Waals surface area contributed by atoms with Crippen molar-refractivity contribution in [3.8, 4) is 0 Å². The third-order valence-electron chi connectivity index (χ3n) is 8.39. The van der Waals surface area contributed by atoms with Crippen LogP contribution in [0.25, 0.3) is 0 Å². The molecule has 6 aliphatic rings. The number of aliphatic hydroxyl groups excluding tert-OH is 2. The van der Waals surface area contributed by atoms with Gasteiger partial charge in [0.05, 0.1) is 23.5 Å². The maximum Gasteiger partial charge on any atom is 0.201 e. The summed E-state index contributed by atoms with van der Waals surface area (Å²) >= 11 is 0. The molecule has 2 heterocycles. The number of hydrogen-bond donors (Lipinski definition) is 3. The highest BCUT2D eigenvalue weighted by Crippen LogP contribution is 2.76. The van der Waals surface area contributed by atoms with Gasteiger partial charge in [-0.3, -0.25) is 4.79 Å². The molecule has 3 N–H and O–H groups in total. The Hall–Kier alpha value is -1.01. The van der Waals surface area contributed by atoms with E-state index >= 15 is 0 Å². The predicted octanol–water partition coefficient (Wildman–Crippen LogP) is 1.18. The Morgan fingerprint density at radius 1 is 1.28 bits per heavy atom. The van der Waals surface area contributed by atoms with Gasteiger partial charge in [-0.2, -0.15) is 0 Å². The van der Waals surface area contributed by atoms with Crippen molar-refractivity contribution in [1.29, 1.82) is 0 Å². The van der Waals surface area contributed by atoms with Gasteiger partial charge < -0.3 is 20.1 Å². The number of carbonyl (C=O) groups excluding carboxylic acids is 1. The lowest BCUT2D eigenvalue weighted by molar-refractivity contribution is -0.441. The van der Waals surface area contributed by atoms with Crippen LogP contribution in [-0.2, 0) is 9.53 Å². The second kappa shape index (κ2) is 4.28. The van der Waals surface area contributed by atoms with Gasteiger partial charge in [-0.05, 0) is 48.2 Å². The van der Waals surface area contributed by atoms with E-state index in [0.29, 0.717) is 12.0 Å². The topological polar surface area (TPSA) is 87.0 Å². The molecule has 2 aliphatic heterocycles. The highest BCUT2D eigenvalue weighted by molar-refractivity contribution is 5.97. The normalized spacial score (nSPS) is 58.2. The first kappa shape index (κ1) is 16.2. The standard InChI is InChI=1S/C20H26O5/c1-10-11-4-5-12-18-9-25-20(24,19(12,8-11)15(10)22)16(23)14(18)17(2,3)7-6-13(18)21/h6-7,11-12,14-16,22-24H,1,4-5,8-9H2,2-3H3/t11-,12+,14-,15-,16+,18-,19+,20-/m1/s1. The van der Waals surface area contributed by atoms with Crippen molar-refractivity contribution < 1.29 is 24.9 Å². The van der Waals surface area contributed by atoms with Crippen LogP contribution < -0.4 is 0 Å². The van der Waals surface area contributed by atoms with Crippen molar-refractivity contribution in [2.75, 3.05) is 6.61 Å². The van der Waals surface area contributed by atoms with Crippen molar-refractivity contribution in [2.45, 2.75) is 51.1 Å². The van der Waals surface area contributed by atoms with Gasteiger partial charge in [0.25, 0.3) is 0 Å². The average Bonchev–Trinajstić information content (AvgIpc) is 2.75. The lowest BCUT2D eigenvalue weighted by Crippen LogP contribution is -2.83. The molecule has 0 radical (unpaired) electrons. The van der Waals surface area contributed by atoms with Crippen LogP contribution in [0, 0.1) is 34.0 Å². The summed E-state index contributed by atoms with van der Waals surface area (Å²) in [6.45, 7) is 8.16. The van der Waals surface area contributed by atoms with E-state index in [4.69, 9.17) is 4.74 Å². The average molecular weight is 346 g/mol. The Labute approximate surface area is 147 Å². The van der Waals surface area contributed by atoms with Crippen LogP contribution in [-0.4, -0.2) is 45.7 Å². The smallest absolute Gasteiger partial charge is 0.201 e. The second-order valence-electron chi connectivity index (χ2n) is 9.52. The summed E-state index contributed by atoms with van der Waals surface area (Å²) in [5.74, 6) is -2.41. The Balaban J connectivity index is 1.81. The lowest BCUT2D eigenvalue weighted by atomic mass is 9.37. The van der Waals surface area contributed by atoms with E-state index in [1.165, 1.54) is 0 Å². The first-order valence-electron chi connectivity index (χ1n) is 9.28. The van der Waals surface area contributed by atoms with Crippen LogP contribution in [0.5, 0.6) is 0 Å². The summed E-state index contributed by atoms with van der Waals surface area (Å²) in [6.07, 6.45) is 3.42. The van der Waals surface area contributed by atoms with Crippen LogP contribution in [0.3, 0.4) is 0 Å². The van der Waals surface area contributed by atoms with Crippen LogP contribution in [0.15, 0.2) is 24.3 Å². The minimum Gasteiger partial charge on any atom is -0.388 e. The number of rotatable bonds is 0. The molecule has 6 rings (SSSR count). The van der Waals surface area contributed by atoms with E-state index < -0.39 is 40.2 Å². The highest BCUT2D eigenvalue weighted by Gasteiger charge is 2.83.